The van der Waals surface area contributed by atoms with Gasteiger partial charge in [-0.25, -0.2) is 9.97 Å². The molecule has 1 saturated heterocycles. The predicted octanol–water partition coefficient (Wildman–Crippen LogP) is 2.02. The lowest BCUT2D eigenvalue weighted by atomic mass is 10.1. The first kappa shape index (κ1) is 13.5. The van der Waals surface area contributed by atoms with Crippen LogP contribution in [0, 0.1) is 6.92 Å². The zero-order chi connectivity index (χ0) is 10.7. The molecule has 4 nitrogen and oxygen atoms in total. The van der Waals surface area contributed by atoms with Crippen LogP contribution in [0.25, 0.3) is 0 Å². The number of aryl methyl sites for hydroxylation is 1. The quantitative estimate of drug-likeness (QED) is 0.801. The maximum atomic E-state index is 5.92. The van der Waals surface area contributed by atoms with E-state index in [1.807, 2.05) is 6.92 Å². The Hall–Kier alpha value is -0.580. The molecule has 0 aromatic carbocycles. The molecular weight excluding hydrogens is 247 g/mol. The summed E-state index contributed by atoms with van der Waals surface area (Å²) in [5.74, 6) is 0.624. The van der Waals surface area contributed by atoms with Crippen molar-refractivity contribution >= 4 is 30.0 Å². The monoisotopic (exact) mass is 262 g/mol. The zero-order valence-electron chi connectivity index (χ0n) is 9.16. The van der Waals surface area contributed by atoms with Crippen molar-refractivity contribution in [1.82, 2.24) is 15.3 Å². The molecule has 1 atom stereocenters. The van der Waals surface area contributed by atoms with Crippen LogP contribution < -0.4 is 10.6 Å². The van der Waals surface area contributed by atoms with Gasteiger partial charge in [-0.3, -0.25) is 0 Å². The van der Waals surface area contributed by atoms with E-state index in [9.17, 15) is 0 Å². The van der Waals surface area contributed by atoms with E-state index < -0.39 is 0 Å². The maximum absolute atomic E-state index is 5.92. The second kappa shape index (κ2) is 6.23. The van der Waals surface area contributed by atoms with Crippen molar-refractivity contribution < 1.29 is 0 Å². The molecule has 0 saturated carbocycles. The molecule has 2 rings (SSSR count). The van der Waals surface area contributed by atoms with E-state index in [-0.39, 0.29) is 12.4 Å². The van der Waals surface area contributed by atoms with Crippen LogP contribution in [-0.2, 0) is 0 Å². The number of aromatic nitrogens is 2. The average Bonchev–Trinajstić information content (AvgIpc) is 2.25. The minimum Gasteiger partial charge on any atom is -0.350 e. The van der Waals surface area contributed by atoms with Gasteiger partial charge in [0.2, 0.25) is 5.95 Å². The lowest BCUT2D eigenvalue weighted by molar-refractivity contribution is 0.478. The van der Waals surface area contributed by atoms with E-state index >= 15 is 0 Å². The van der Waals surface area contributed by atoms with Gasteiger partial charge in [0.25, 0.3) is 0 Å². The number of anilines is 1. The van der Waals surface area contributed by atoms with Crippen molar-refractivity contribution in [2.24, 2.45) is 0 Å². The number of halogens is 2. The molecule has 6 heteroatoms. The Kier molecular flexibility index (Phi) is 5.25. The Balaban J connectivity index is 0.00000128. The van der Waals surface area contributed by atoms with Crippen molar-refractivity contribution in [1.29, 1.82) is 0 Å². The summed E-state index contributed by atoms with van der Waals surface area (Å²) in [7, 11) is 0. The summed E-state index contributed by atoms with van der Waals surface area (Å²) < 4.78 is 0. The Labute approximate surface area is 107 Å². The second-order valence-corrected chi connectivity index (χ2v) is 4.21. The minimum absolute atomic E-state index is 0. The van der Waals surface area contributed by atoms with Crippen molar-refractivity contribution in [2.75, 3.05) is 18.4 Å². The van der Waals surface area contributed by atoms with E-state index in [1.54, 1.807) is 6.20 Å². The van der Waals surface area contributed by atoms with Crippen LogP contribution in [0.15, 0.2) is 6.20 Å². The molecule has 1 aromatic rings. The van der Waals surface area contributed by atoms with Gasteiger partial charge in [0.1, 0.15) is 5.15 Å². The highest BCUT2D eigenvalue weighted by Gasteiger charge is 2.13. The van der Waals surface area contributed by atoms with Crippen LogP contribution in [-0.4, -0.2) is 29.1 Å². The SMILES string of the molecule is Cc1cnc(N[C@H]2CCCNC2)nc1Cl.Cl. The molecule has 1 fully saturated rings. The maximum Gasteiger partial charge on any atom is 0.224 e. The van der Waals surface area contributed by atoms with Gasteiger partial charge < -0.3 is 10.6 Å². The number of hydrogen-bond donors (Lipinski definition) is 2. The summed E-state index contributed by atoms with van der Waals surface area (Å²) in [6.07, 6.45) is 4.09. The molecule has 2 N–H and O–H groups in total. The fourth-order valence-corrected chi connectivity index (χ4v) is 1.78. The summed E-state index contributed by atoms with van der Waals surface area (Å²) in [6, 6.07) is 0.414. The molecular formula is C10H16Cl2N4. The predicted molar refractivity (Wildman–Crippen MR) is 68.5 cm³/mol. The third-order valence-electron chi connectivity index (χ3n) is 2.54. The lowest BCUT2D eigenvalue weighted by Crippen LogP contribution is -2.38. The van der Waals surface area contributed by atoms with Gasteiger partial charge in [-0.15, -0.1) is 12.4 Å². The smallest absolute Gasteiger partial charge is 0.224 e. The van der Waals surface area contributed by atoms with Crippen LogP contribution in [0.4, 0.5) is 5.95 Å². The Morgan fingerprint density at radius 1 is 1.56 bits per heavy atom. The fraction of sp³-hybridized carbons (Fsp3) is 0.600. The number of rotatable bonds is 2. The molecule has 0 spiro atoms. The summed E-state index contributed by atoms with van der Waals surface area (Å²) >= 11 is 5.92. The lowest BCUT2D eigenvalue weighted by Gasteiger charge is -2.23. The van der Waals surface area contributed by atoms with Gasteiger partial charge in [-0.05, 0) is 26.3 Å². The highest BCUT2D eigenvalue weighted by molar-refractivity contribution is 6.30. The van der Waals surface area contributed by atoms with Crippen molar-refractivity contribution in [3.63, 3.8) is 0 Å². The molecule has 16 heavy (non-hydrogen) atoms. The number of hydrogen-bond acceptors (Lipinski definition) is 4. The van der Waals surface area contributed by atoms with Crippen molar-refractivity contribution in [3.8, 4) is 0 Å². The Morgan fingerprint density at radius 3 is 3.00 bits per heavy atom. The highest BCUT2D eigenvalue weighted by atomic mass is 35.5. The number of nitrogens with zero attached hydrogens (tertiary/aromatic N) is 2. The third kappa shape index (κ3) is 3.47. The van der Waals surface area contributed by atoms with Crippen LogP contribution in [0.2, 0.25) is 5.15 Å². The summed E-state index contributed by atoms with van der Waals surface area (Å²) in [4.78, 5) is 8.38. The Morgan fingerprint density at radius 2 is 2.38 bits per heavy atom. The van der Waals surface area contributed by atoms with Gasteiger partial charge in [0.15, 0.2) is 0 Å². The number of piperidine rings is 1. The second-order valence-electron chi connectivity index (χ2n) is 3.86. The van der Waals surface area contributed by atoms with Crippen LogP contribution in [0.3, 0.4) is 0 Å². The van der Waals surface area contributed by atoms with E-state index in [4.69, 9.17) is 11.6 Å². The molecule has 0 radical (unpaired) electrons. The average molecular weight is 263 g/mol. The van der Waals surface area contributed by atoms with E-state index in [1.165, 1.54) is 6.42 Å². The van der Waals surface area contributed by atoms with Crippen LogP contribution in [0.1, 0.15) is 18.4 Å². The highest BCUT2D eigenvalue weighted by Crippen LogP contribution is 2.14. The molecule has 0 aliphatic carbocycles. The summed E-state index contributed by atoms with van der Waals surface area (Å²) in [5.41, 5.74) is 0.906. The van der Waals surface area contributed by atoms with Gasteiger partial charge in [-0.1, -0.05) is 11.6 Å². The first-order valence-corrected chi connectivity index (χ1v) is 5.60. The van der Waals surface area contributed by atoms with Gasteiger partial charge in [-0.2, -0.15) is 0 Å². The summed E-state index contributed by atoms with van der Waals surface area (Å²) in [6.45, 7) is 3.97. The van der Waals surface area contributed by atoms with Gasteiger partial charge in [0.05, 0.1) is 0 Å². The molecule has 1 aliphatic heterocycles. The molecule has 0 amide bonds. The molecule has 0 unspecified atom stereocenters. The minimum atomic E-state index is 0. The largest absolute Gasteiger partial charge is 0.350 e. The van der Waals surface area contributed by atoms with Gasteiger partial charge >= 0.3 is 0 Å². The van der Waals surface area contributed by atoms with Crippen LogP contribution in [0.5, 0.6) is 0 Å². The molecule has 2 heterocycles. The third-order valence-corrected chi connectivity index (χ3v) is 2.92. The molecule has 1 aliphatic rings. The van der Waals surface area contributed by atoms with E-state index in [0.717, 1.165) is 25.1 Å². The first-order chi connectivity index (χ1) is 7.25. The Bertz CT molecular complexity index is 340. The van der Waals surface area contributed by atoms with E-state index in [2.05, 4.69) is 20.6 Å². The molecule has 1 aromatic heterocycles. The zero-order valence-corrected chi connectivity index (χ0v) is 10.7. The van der Waals surface area contributed by atoms with Crippen molar-refractivity contribution in [2.45, 2.75) is 25.8 Å². The fourth-order valence-electron chi connectivity index (χ4n) is 1.65. The van der Waals surface area contributed by atoms with Crippen molar-refractivity contribution in [3.05, 3.63) is 16.9 Å². The topological polar surface area (TPSA) is 49.8 Å². The first-order valence-electron chi connectivity index (χ1n) is 5.22. The summed E-state index contributed by atoms with van der Waals surface area (Å²) in [5, 5.41) is 7.13. The van der Waals surface area contributed by atoms with Gasteiger partial charge in [0, 0.05) is 24.3 Å². The van der Waals surface area contributed by atoms with E-state index in [0.29, 0.717) is 17.1 Å². The molecule has 0 bridgehead atoms. The van der Waals surface area contributed by atoms with Crippen LogP contribution >= 0.6 is 24.0 Å². The standard InChI is InChI=1S/C10H15ClN4.ClH/c1-7-5-13-10(15-9(7)11)14-8-3-2-4-12-6-8;/h5,8,12H,2-4,6H2,1H3,(H,13,14,15);1H/t8-;/m0./s1. The number of nitrogens with one attached hydrogen (secondary N) is 2. The normalized spacial score (nSPS) is 20.0. The molecule has 90 valence electrons.